The van der Waals surface area contributed by atoms with Crippen LogP contribution < -0.4 is 11.1 Å². The maximum Gasteiger partial charge on any atom is 0.238 e. The molecular formula is C19H28ClN3O2. The summed E-state index contributed by atoms with van der Waals surface area (Å²) in [7, 11) is 0. The van der Waals surface area contributed by atoms with Gasteiger partial charge >= 0.3 is 0 Å². The summed E-state index contributed by atoms with van der Waals surface area (Å²) >= 11 is 6.15. The second kappa shape index (κ2) is 9.78. The van der Waals surface area contributed by atoms with Gasteiger partial charge in [-0.1, -0.05) is 49.8 Å². The second-order valence-electron chi connectivity index (χ2n) is 7.00. The number of halogens is 1. The molecule has 6 heteroatoms. The highest BCUT2D eigenvalue weighted by Gasteiger charge is 2.18. The van der Waals surface area contributed by atoms with Crippen molar-refractivity contribution < 1.29 is 9.59 Å². The number of nitrogens with two attached hydrogens (primary N) is 1. The van der Waals surface area contributed by atoms with Crippen LogP contribution in [0.3, 0.4) is 0 Å². The van der Waals surface area contributed by atoms with Gasteiger partial charge in [0.15, 0.2) is 0 Å². The van der Waals surface area contributed by atoms with Gasteiger partial charge in [-0.25, -0.2) is 0 Å². The Morgan fingerprint density at radius 3 is 2.60 bits per heavy atom. The first-order valence-electron chi connectivity index (χ1n) is 9.00. The Hall–Kier alpha value is -1.59. The topological polar surface area (TPSA) is 75.4 Å². The fourth-order valence-corrected chi connectivity index (χ4v) is 3.67. The van der Waals surface area contributed by atoms with Crippen LogP contribution in [-0.2, 0) is 9.59 Å². The third kappa shape index (κ3) is 7.04. The van der Waals surface area contributed by atoms with Crippen LogP contribution in [0, 0.1) is 12.8 Å². The minimum atomic E-state index is -0.412. The highest BCUT2D eigenvalue weighted by atomic mass is 35.5. The summed E-state index contributed by atoms with van der Waals surface area (Å²) in [6.45, 7) is 2.89. The number of aryl methyl sites for hydroxylation is 1. The van der Waals surface area contributed by atoms with Gasteiger partial charge in [-0.05, 0) is 43.5 Å². The summed E-state index contributed by atoms with van der Waals surface area (Å²) in [5, 5.41) is 3.33. The van der Waals surface area contributed by atoms with Crippen LogP contribution in [0.4, 0.5) is 5.69 Å². The smallest absolute Gasteiger partial charge is 0.238 e. The highest BCUT2D eigenvalue weighted by Crippen LogP contribution is 2.26. The van der Waals surface area contributed by atoms with E-state index >= 15 is 0 Å². The van der Waals surface area contributed by atoms with Gasteiger partial charge in [0.05, 0.1) is 23.8 Å². The third-order valence-electron chi connectivity index (χ3n) is 4.72. The van der Waals surface area contributed by atoms with Gasteiger partial charge in [0.25, 0.3) is 0 Å². The minimum Gasteiger partial charge on any atom is -0.369 e. The molecule has 25 heavy (non-hydrogen) atoms. The largest absolute Gasteiger partial charge is 0.369 e. The van der Waals surface area contributed by atoms with E-state index in [-0.39, 0.29) is 19.0 Å². The molecule has 1 aromatic carbocycles. The number of anilines is 1. The monoisotopic (exact) mass is 365 g/mol. The fourth-order valence-electron chi connectivity index (χ4n) is 3.39. The van der Waals surface area contributed by atoms with Crippen LogP contribution in [0.15, 0.2) is 18.2 Å². The van der Waals surface area contributed by atoms with Gasteiger partial charge < -0.3 is 11.1 Å². The summed E-state index contributed by atoms with van der Waals surface area (Å²) in [6.07, 6.45) is 7.39. The van der Waals surface area contributed by atoms with Crippen molar-refractivity contribution in [2.24, 2.45) is 11.7 Å². The number of benzene rings is 1. The van der Waals surface area contributed by atoms with Crippen molar-refractivity contribution in [3.05, 3.63) is 28.8 Å². The Kier molecular flexibility index (Phi) is 7.72. The van der Waals surface area contributed by atoms with Crippen LogP contribution in [0.2, 0.25) is 5.02 Å². The molecule has 0 aromatic heterocycles. The number of nitrogens with zero attached hydrogens (tertiary/aromatic N) is 1. The molecule has 1 aromatic rings. The van der Waals surface area contributed by atoms with E-state index in [9.17, 15) is 9.59 Å². The van der Waals surface area contributed by atoms with E-state index in [2.05, 4.69) is 5.32 Å². The van der Waals surface area contributed by atoms with E-state index in [0.29, 0.717) is 23.2 Å². The lowest BCUT2D eigenvalue weighted by Gasteiger charge is -2.26. The Labute approximate surface area is 154 Å². The Morgan fingerprint density at radius 2 is 1.96 bits per heavy atom. The summed E-state index contributed by atoms with van der Waals surface area (Å²) in [4.78, 5) is 25.5. The quantitative estimate of drug-likeness (QED) is 0.741. The first-order valence-corrected chi connectivity index (χ1v) is 9.38. The van der Waals surface area contributed by atoms with Crippen molar-refractivity contribution in [2.45, 2.75) is 45.4 Å². The molecule has 0 aliphatic heterocycles. The Bertz CT molecular complexity index is 600. The van der Waals surface area contributed by atoms with E-state index in [1.165, 1.54) is 32.1 Å². The predicted octanol–water partition coefficient (Wildman–Crippen LogP) is 3.34. The fraction of sp³-hybridized carbons (Fsp3) is 0.579. The first-order chi connectivity index (χ1) is 11.9. The number of carbonyl (C=O) groups excluding carboxylic acids is 2. The van der Waals surface area contributed by atoms with Crippen molar-refractivity contribution >= 4 is 29.1 Å². The first kappa shape index (κ1) is 19.7. The average molecular weight is 366 g/mol. The van der Waals surface area contributed by atoms with E-state index in [1.54, 1.807) is 12.1 Å². The van der Waals surface area contributed by atoms with Crippen molar-refractivity contribution in [1.29, 1.82) is 0 Å². The predicted molar refractivity (Wildman–Crippen MR) is 102 cm³/mol. The molecule has 1 saturated carbocycles. The molecule has 0 spiro atoms. The molecule has 0 unspecified atom stereocenters. The Morgan fingerprint density at radius 1 is 1.24 bits per heavy atom. The molecule has 1 fully saturated rings. The van der Waals surface area contributed by atoms with Gasteiger partial charge in [0, 0.05) is 0 Å². The zero-order valence-corrected chi connectivity index (χ0v) is 15.6. The molecule has 1 aliphatic rings. The molecule has 3 N–H and O–H groups in total. The molecule has 138 valence electrons. The number of hydrogen-bond acceptors (Lipinski definition) is 3. The van der Waals surface area contributed by atoms with Gasteiger partial charge in [-0.15, -0.1) is 0 Å². The molecule has 0 radical (unpaired) electrons. The Balaban J connectivity index is 1.88. The zero-order valence-electron chi connectivity index (χ0n) is 14.9. The molecule has 0 bridgehead atoms. The minimum absolute atomic E-state index is 0.0990. The third-order valence-corrected chi connectivity index (χ3v) is 5.04. The zero-order chi connectivity index (χ0) is 18.2. The van der Waals surface area contributed by atoms with Gasteiger partial charge in [0.2, 0.25) is 11.8 Å². The summed E-state index contributed by atoms with van der Waals surface area (Å²) in [5.74, 6) is 0.0965. The molecule has 1 aliphatic carbocycles. The van der Waals surface area contributed by atoms with E-state index in [1.807, 2.05) is 17.9 Å². The SMILES string of the molecule is Cc1ccc(NC(=O)CN(CCC2CCCCC2)CC(N)=O)c(Cl)c1. The van der Waals surface area contributed by atoms with Gasteiger partial charge in [0.1, 0.15) is 0 Å². The molecular weight excluding hydrogens is 338 g/mol. The van der Waals surface area contributed by atoms with Crippen LogP contribution in [0.5, 0.6) is 0 Å². The molecule has 2 rings (SSSR count). The second-order valence-corrected chi connectivity index (χ2v) is 7.41. The number of amides is 2. The number of primary amides is 1. The van der Waals surface area contributed by atoms with Gasteiger partial charge in [-0.2, -0.15) is 0 Å². The summed E-state index contributed by atoms with van der Waals surface area (Å²) < 4.78 is 0. The molecule has 2 amide bonds. The number of rotatable bonds is 8. The standard InChI is InChI=1S/C19H28ClN3O2/c1-14-7-8-17(16(20)11-14)22-19(25)13-23(12-18(21)24)10-9-15-5-3-2-4-6-15/h7-8,11,15H,2-6,9-10,12-13H2,1H3,(H2,21,24)(H,22,25). The lowest BCUT2D eigenvalue weighted by molar-refractivity contribution is -0.121. The maximum atomic E-state index is 12.3. The van der Waals surface area contributed by atoms with Crippen molar-refractivity contribution in [1.82, 2.24) is 4.90 Å². The van der Waals surface area contributed by atoms with Crippen LogP contribution in [-0.4, -0.2) is 36.3 Å². The van der Waals surface area contributed by atoms with E-state index < -0.39 is 5.91 Å². The number of carbonyl (C=O) groups is 2. The maximum absolute atomic E-state index is 12.3. The van der Waals surface area contributed by atoms with Crippen molar-refractivity contribution in [2.75, 3.05) is 25.0 Å². The van der Waals surface area contributed by atoms with E-state index in [0.717, 1.165) is 12.0 Å². The van der Waals surface area contributed by atoms with E-state index in [4.69, 9.17) is 17.3 Å². The summed E-state index contributed by atoms with van der Waals surface area (Å²) in [6, 6.07) is 5.49. The van der Waals surface area contributed by atoms with Crippen molar-refractivity contribution in [3.8, 4) is 0 Å². The summed E-state index contributed by atoms with van der Waals surface area (Å²) in [5.41, 5.74) is 6.96. The molecule has 0 atom stereocenters. The lowest BCUT2D eigenvalue weighted by atomic mass is 9.87. The average Bonchev–Trinajstić information content (AvgIpc) is 2.56. The van der Waals surface area contributed by atoms with Gasteiger partial charge in [-0.3, -0.25) is 14.5 Å². The molecule has 0 heterocycles. The molecule has 0 saturated heterocycles. The highest BCUT2D eigenvalue weighted by molar-refractivity contribution is 6.33. The lowest BCUT2D eigenvalue weighted by Crippen LogP contribution is -2.40. The van der Waals surface area contributed by atoms with Crippen LogP contribution in [0.25, 0.3) is 0 Å². The van der Waals surface area contributed by atoms with Crippen LogP contribution >= 0.6 is 11.6 Å². The molecule has 5 nitrogen and oxygen atoms in total. The normalized spacial score (nSPS) is 15.3. The number of hydrogen-bond donors (Lipinski definition) is 2. The van der Waals surface area contributed by atoms with Crippen molar-refractivity contribution in [3.63, 3.8) is 0 Å². The van der Waals surface area contributed by atoms with Crippen LogP contribution in [0.1, 0.15) is 44.1 Å². The number of nitrogens with one attached hydrogen (secondary N) is 1.